The fraction of sp³-hybridized carbons (Fsp3) is 0.316. The molecule has 0 spiro atoms. The lowest BCUT2D eigenvalue weighted by atomic mass is 10.0. The molecule has 0 saturated carbocycles. The van der Waals surface area contributed by atoms with Gasteiger partial charge in [0.2, 0.25) is 10.0 Å². The summed E-state index contributed by atoms with van der Waals surface area (Å²) in [6.07, 6.45) is 2.71. The van der Waals surface area contributed by atoms with Crippen LogP contribution < -0.4 is 14.4 Å². The van der Waals surface area contributed by atoms with E-state index in [-0.39, 0.29) is 5.91 Å². The maximum absolute atomic E-state index is 12.5. The molecule has 0 aliphatic carbocycles. The van der Waals surface area contributed by atoms with Crippen LogP contribution in [0.25, 0.3) is 0 Å². The van der Waals surface area contributed by atoms with Crippen molar-refractivity contribution in [1.29, 1.82) is 0 Å². The van der Waals surface area contributed by atoms with Gasteiger partial charge in [0.05, 0.1) is 19.1 Å². The van der Waals surface area contributed by atoms with E-state index in [2.05, 4.69) is 5.32 Å². The van der Waals surface area contributed by atoms with Gasteiger partial charge in [-0.1, -0.05) is 18.2 Å². The number of benzene rings is 2. The topological polar surface area (TPSA) is 75.7 Å². The molecule has 0 atom stereocenters. The van der Waals surface area contributed by atoms with Crippen molar-refractivity contribution in [2.75, 3.05) is 24.2 Å². The van der Waals surface area contributed by atoms with E-state index in [1.165, 1.54) is 10.6 Å². The minimum atomic E-state index is -3.31. The second kappa shape index (κ2) is 7.37. The summed E-state index contributed by atoms with van der Waals surface area (Å²) in [5, 5.41) is 2.89. The van der Waals surface area contributed by atoms with E-state index in [4.69, 9.17) is 4.74 Å². The third-order valence-electron chi connectivity index (χ3n) is 4.45. The Hall–Kier alpha value is -2.54. The molecule has 2 aromatic carbocycles. The predicted molar refractivity (Wildman–Crippen MR) is 101 cm³/mol. The van der Waals surface area contributed by atoms with E-state index < -0.39 is 10.0 Å². The Labute approximate surface area is 153 Å². The molecule has 0 radical (unpaired) electrons. The summed E-state index contributed by atoms with van der Waals surface area (Å²) in [7, 11) is -1.71. The molecule has 1 amide bonds. The highest BCUT2D eigenvalue weighted by Gasteiger charge is 2.24. The molecule has 3 rings (SSSR count). The molecular formula is C19H22N2O4S. The van der Waals surface area contributed by atoms with Crippen molar-refractivity contribution in [2.45, 2.75) is 19.4 Å². The SMILES string of the molecule is COc1ccccc1CNC(=O)c1ccc2c(c1)CCCN2S(C)(=O)=O. The highest BCUT2D eigenvalue weighted by molar-refractivity contribution is 7.92. The van der Waals surface area contributed by atoms with Crippen molar-refractivity contribution in [2.24, 2.45) is 0 Å². The van der Waals surface area contributed by atoms with Crippen molar-refractivity contribution < 1.29 is 17.9 Å². The molecule has 1 aliphatic heterocycles. The maximum atomic E-state index is 12.5. The fourth-order valence-corrected chi connectivity index (χ4v) is 4.17. The monoisotopic (exact) mass is 374 g/mol. The smallest absolute Gasteiger partial charge is 0.251 e. The number of anilines is 1. The molecule has 1 aliphatic rings. The molecule has 1 N–H and O–H groups in total. The van der Waals surface area contributed by atoms with E-state index in [0.29, 0.717) is 24.3 Å². The second-order valence-electron chi connectivity index (χ2n) is 6.28. The zero-order chi connectivity index (χ0) is 18.7. The van der Waals surface area contributed by atoms with E-state index in [1.807, 2.05) is 24.3 Å². The van der Waals surface area contributed by atoms with Crippen molar-refractivity contribution in [3.05, 3.63) is 59.2 Å². The van der Waals surface area contributed by atoms with Crippen LogP contribution in [0.5, 0.6) is 5.75 Å². The first kappa shape index (κ1) is 18.3. The number of rotatable bonds is 5. The molecule has 6 nitrogen and oxygen atoms in total. The van der Waals surface area contributed by atoms with E-state index >= 15 is 0 Å². The molecule has 26 heavy (non-hydrogen) atoms. The van der Waals surface area contributed by atoms with Crippen LogP contribution in [0.1, 0.15) is 27.9 Å². The number of fused-ring (bicyclic) bond motifs is 1. The van der Waals surface area contributed by atoms with E-state index in [9.17, 15) is 13.2 Å². The quantitative estimate of drug-likeness (QED) is 0.872. The van der Waals surface area contributed by atoms with Crippen LogP contribution in [-0.2, 0) is 23.0 Å². The Morgan fingerprint density at radius 1 is 1.23 bits per heavy atom. The Kier molecular flexibility index (Phi) is 5.18. The first-order chi connectivity index (χ1) is 12.4. The van der Waals surface area contributed by atoms with Crippen LogP contribution in [0.2, 0.25) is 0 Å². The maximum Gasteiger partial charge on any atom is 0.251 e. The zero-order valence-electron chi connectivity index (χ0n) is 14.9. The van der Waals surface area contributed by atoms with Gasteiger partial charge < -0.3 is 10.1 Å². The largest absolute Gasteiger partial charge is 0.496 e. The van der Waals surface area contributed by atoms with Gasteiger partial charge in [-0.3, -0.25) is 9.10 Å². The van der Waals surface area contributed by atoms with Crippen molar-refractivity contribution in [1.82, 2.24) is 5.32 Å². The third-order valence-corrected chi connectivity index (χ3v) is 5.63. The van der Waals surface area contributed by atoms with Crippen LogP contribution in [0.15, 0.2) is 42.5 Å². The average Bonchev–Trinajstić information content (AvgIpc) is 2.64. The molecule has 2 aromatic rings. The lowest BCUT2D eigenvalue weighted by Gasteiger charge is -2.29. The van der Waals surface area contributed by atoms with Crippen LogP contribution >= 0.6 is 0 Å². The van der Waals surface area contributed by atoms with Gasteiger partial charge in [0.25, 0.3) is 5.91 Å². The summed E-state index contributed by atoms with van der Waals surface area (Å²) in [5.74, 6) is 0.525. The highest BCUT2D eigenvalue weighted by atomic mass is 32.2. The zero-order valence-corrected chi connectivity index (χ0v) is 15.7. The van der Waals surface area contributed by atoms with Crippen LogP contribution in [0.3, 0.4) is 0 Å². The molecule has 0 unspecified atom stereocenters. The van der Waals surface area contributed by atoms with E-state index in [1.54, 1.807) is 25.3 Å². The number of sulfonamides is 1. The third kappa shape index (κ3) is 3.83. The Morgan fingerprint density at radius 3 is 2.73 bits per heavy atom. The number of methoxy groups -OCH3 is 1. The van der Waals surface area contributed by atoms with Gasteiger partial charge in [-0.05, 0) is 42.7 Å². The summed E-state index contributed by atoms with van der Waals surface area (Å²) in [6, 6.07) is 12.7. The fourth-order valence-electron chi connectivity index (χ4n) is 3.17. The number of para-hydroxylation sites is 1. The number of hydrogen-bond donors (Lipinski definition) is 1. The number of nitrogens with zero attached hydrogens (tertiary/aromatic N) is 1. The van der Waals surface area contributed by atoms with Crippen molar-refractivity contribution in [3.8, 4) is 5.75 Å². The summed E-state index contributed by atoms with van der Waals surface area (Å²) in [5.41, 5.74) is 2.96. The van der Waals surface area contributed by atoms with Gasteiger partial charge in [0.15, 0.2) is 0 Å². The van der Waals surface area contributed by atoms with Crippen LogP contribution in [-0.4, -0.2) is 34.2 Å². The van der Waals surface area contributed by atoms with Gasteiger partial charge in [-0.25, -0.2) is 8.42 Å². The number of hydrogen-bond acceptors (Lipinski definition) is 4. The van der Waals surface area contributed by atoms with Gasteiger partial charge in [0, 0.05) is 24.2 Å². The van der Waals surface area contributed by atoms with Gasteiger partial charge in [0.1, 0.15) is 5.75 Å². The number of nitrogens with one attached hydrogen (secondary N) is 1. The Morgan fingerprint density at radius 2 is 2.00 bits per heavy atom. The average molecular weight is 374 g/mol. The molecule has 0 fully saturated rings. The molecule has 0 bridgehead atoms. The summed E-state index contributed by atoms with van der Waals surface area (Å²) in [4.78, 5) is 12.5. The predicted octanol–water partition coefficient (Wildman–Crippen LogP) is 2.34. The summed E-state index contributed by atoms with van der Waals surface area (Å²) in [6.45, 7) is 0.834. The lowest BCUT2D eigenvalue weighted by Crippen LogP contribution is -2.34. The Balaban J connectivity index is 1.77. The van der Waals surface area contributed by atoms with Crippen molar-refractivity contribution in [3.63, 3.8) is 0 Å². The highest BCUT2D eigenvalue weighted by Crippen LogP contribution is 2.30. The second-order valence-corrected chi connectivity index (χ2v) is 8.18. The lowest BCUT2D eigenvalue weighted by molar-refractivity contribution is 0.0950. The first-order valence-corrected chi connectivity index (χ1v) is 10.3. The molecular weight excluding hydrogens is 352 g/mol. The van der Waals surface area contributed by atoms with Gasteiger partial charge >= 0.3 is 0 Å². The normalized spacial score (nSPS) is 13.8. The molecule has 7 heteroatoms. The molecule has 1 heterocycles. The van der Waals surface area contributed by atoms with Gasteiger partial charge in [-0.15, -0.1) is 0 Å². The number of ether oxygens (including phenoxy) is 1. The number of carbonyl (C=O) groups excluding carboxylic acids is 1. The van der Waals surface area contributed by atoms with Crippen molar-refractivity contribution >= 4 is 21.6 Å². The van der Waals surface area contributed by atoms with Gasteiger partial charge in [-0.2, -0.15) is 0 Å². The first-order valence-electron chi connectivity index (χ1n) is 8.41. The summed E-state index contributed by atoms with van der Waals surface area (Å²) >= 11 is 0. The van der Waals surface area contributed by atoms with Crippen LogP contribution in [0, 0.1) is 0 Å². The molecule has 0 aromatic heterocycles. The summed E-state index contributed by atoms with van der Waals surface area (Å²) < 4.78 is 30.5. The molecule has 138 valence electrons. The van der Waals surface area contributed by atoms with Crippen LogP contribution in [0.4, 0.5) is 5.69 Å². The molecule has 0 saturated heterocycles. The standard InChI is InChI=1S/C19H22N2O4S/c1-25-18-8-4-3-6-16(18)13-20-19(22)15-9-10-17-14(12-15)7-5-11-21(17)26(2,23)24/h3-4,6,8-10,12H,5,7,11,13H2,1-2H3,(H,20,22). The van der Waals surface area contributed by atoms with E-state index in [0.717, 1.165) is 29.7 Å². The number of aryl methyl sites for hydroxylation is 1. The Bertz CT molecular complexity index is 925. The number of carbonyl (C=O) groups is 1. The minimum absolute atomic E-state index is 0.199. The minimum Gasteiger partial charge on any atom is -0.496 e. The number of amides is 1.